The molecule has 0 aliphatic carbocycles. The highest BCUT2D eigenvalue weighted by Crippen LogP contribution is 2.48. The van der Waals surface area contributed by atoms with Gasteiger partial charge in [-0.05, 0) is 62.8 Å². The Morgan fingerprint density at radius 1 is 0.776 bits per heavy atom. The molecule has 6 atom stereocenters. The van der Waals surface area contributed by atoms with Gasteiger partial charge in [0.2, 0.25) is 0 Å². The SMILES string of the molecule is COc1cccc(C(OC[C@H]2O[C@@H](n3cc(C)c(=O)[nH]c3=O)C[C@@H]2CCCNC2OC(n3cc(C)c(=O)[nH]c3=O)CC2O)(c2ccccc2)c2ccccc2)c1OC. The summed E-state index contributed by atoms with van der Waals surface area (Å²) in [5.74, 6) is 0.950. The Balaban J connectivity index is 1.16. The largest absolute Gasteiger partial charge is 0.493 e. The first kappa shape index (κ1) is 40.6. The molecule has 2 aromatic heterocycles. The molecule has 0 amide bonds. The fourth-order valence-corrected chi connectivity index (χ4v) is 8.09. The molecule has 0 radical (unpaired) electrons. The third-order valence-electron chi connectivity index (χ3n) is 11.1. The van der Waals surface area contributed by atoms with Crippen LogP contribution in [-0.4, -0.2) is 70.0 Å². The second-order valence-corrected chi connectivity index (χ2v) is 14.8. The maximum absolute atomic E-state index is 13.1. The number of aromatic amines is 2. The number of hydrogen-bond acceptors (Lipinski definition) is 11. The van der Waals surface area contributed by atoms with Crippen molar-refractivity contribution >= 4 is 0 Å². The van der Waals surface area contributed by atoms with Crippen molar-refractivity contribution in [2.24, 2.45) is 5.92 Å². The number of para-hydroxylation sites is 1. The van der Waals surface area contributed by atoms with Crippen LogP contribution in [0.5, 0.6) is 11.5 Å². The molecule has 15 nitrogen and oxygen atoms in total. The number of aliphatic hydroxyl groups excluding tert-OH is 1. The third-order valence-corrected chi connectivity index (χ3v) is 11.1. The number of hydrogen-bond donors (Lipinski definition) is 4. The number of nitrogens with zero attached hydrogens (tertiary/aromatic N) is 2. The highest BCUT2D eigenvalue weighted by atomic mass is 16.6. The number of aromatic nitrogens is 4. The Labute approximate surface area is 334 Å². The van der Waals surface area contributed by atoms with Crippen molar-refractivity contribution in [1.29, 1.82) is 0 Å². The van der Waals surface area contributed by atoms with Gasteiger partial charge in [0.15, 0.2) is 11.5 Å². The summed E-state index contributed by atoms with van der Waals surface area (Å²) in [6.07, 6.45) is 1.31. The summed E-state index contributed by atoms with van der Waals surface area (Å²) in [4.78, 5) is 54.5. The molecule has 5 aromatic rings. The lowest BCUT2D eigenvalue weighted by molar-refractivity contribution is -0.0859. The molecule has 3 unspecified atom stereocenters. The van der Waals surface area contributed by atoms with Crippen LogP contribution in [-0.2, 0) is 19.8 Å². The van der Waals surface area contributed by atoms with Crippen molar-refractivity contribution in [1.82, 2.24) is 24.4 Å². The molecular weight excluding hydrogens is 746 g/mol. The molecule has 2 saturated heterocycles. The van der Waals surface area contributed by atoms with E-state index in [4.69, 9.17) is 23.7 Å². The van der Waals surface area contributed by atoms with E-state index in [2.05, 4.69) is 15.3 Å². The van der Waals surface area contributed by atoms with Crippen molar-refractivity contribution in [3.05, 3.63) is 161 Å². The second kappa shape index (κ2) is 17.5. The van der Waals surface area contributed by atoms with E-state index in [-0.39, 0.29) is 18.9 Å². The zero-order valence-corrected chi connectivity index (χ0v) is 32.9. The van der Waals surface area contributed by atoms with Gasteiger partial charge in [-0.3, -0.25) is 34.0 Å². The Kier molecular flexibility index (Phi) is 12.3. The third kappa shape index (κ3) is 8.08. The zero-order chi connectivity index (χ0) is 41.0. The van der Waals surface area contributed by atoms with Gasteiger partial charge >= 0.3 is 11.4 Å². The van der Waals surface area contributed by atoms with Crippen LogP contribution in [0.15, 0.2) is 110 Å². The van der Waals surface area contributed by atoms with E-state index in [1.165, 1.54) is 21.5 Å². The molecule has 2 aliphatic rings. The molecule has 4 N–H and O–H groups in total. The van der Waals surface area contributed by atoms with Crippen LogP contribution in [0.4, 0.5) is 0 Å². The Bertz CT molecular complexity index is 2390. The number of methoxy groups -OCH3 is 2. The minimum absolute atomic E-state index is 0.104. The van der Waals surface area contributed by atoms with Gasteiger partial charge < -0.3 is 28.8 Å². The number of benzene rings is 3. The van der Waals surface area contributed by atoms with E-state index in [0.717, 1.165) is 16.7 Å². The Morgan fingerprint density at radius 2 is 1.36 bits per heavy atom. The number of rotatable bonds is 15. The molecular formula is C43H49N5O10. The average molecular weight is 796 g/mol. The van der Waals surface area contributed by atoms with Crippen LogP contribution >= 0.6 is 0 Å². The summed E-state index contributed by atoms with van der Waals surface area (Å²) < 4.78 is 34.5. The molecule has 0 spiro atoms. The van der Waals surface area contributed by atoms with Gasteiger partial charge in [0.25, 0.3) is 11.1 Å². The smallest absolute Gasteiger partial charge is 0.330 e. The quantitative estimate of drug-likeness (QED) is 0.0896. The molecule has 0 saturated carbocycles. The summed E-state index contributed by atoms with van der Waals surface area (Å²) in [6, 6.07) is 25.5. The maximum atomic E-state index is 13.1. The molecule has 306 valence electrons. The van der Waals surface area contributed by atoms with Crippen LogP contribution in [0.25, 0.3) is 0 Å². The van der Waals surface area contributed by atoms with Gasteiger partial charge in [-0.1, -0.05) is 72.8 Å². The van der Waals surface area contributed by atoms with Gasteiger partial charge in [-0.25, -0.2) is 9.59 Å². The highest BCUT2D eigenvalue weighted by molar-refractivity contribution is 5.57. The monoisotopic (exact) mass is 795 g/mol. The van der Waals surface area contributed by atoms with E-state index in [0.29, 0.717) is 48.4 Å². The lowest BCUT2D eigenvalue weighted by Gasteiger charge is -2.38. The first-order chi connectivity index (χ1) is 28.0. The zero-order valence-electron chi connectivity index (χ0n) is 32.9. The van der Waals surface area contributed by atoms with E-state index >= 15 is 0 Å². The summed E-state index contributed by atoms with van der Waals surface area (Å²) in [7, 11) is 3.19. The Morgan fingerprint density at radius 3 is 1.93 bits per heavy atom. The summed E-state index contributed by atoms with van der Waals surface area (Å²) in [5.41, 5.74) is -0.127. The lowest BCUT2D eigenvalue weighted by Crippen LogP contribution is -2.39. The van der Waals surface area contributed by atoms with Gasteiger partial charge in [0.1, 0.15) is 24.3 Å². The van der Waals surface area contributed by atoms with Crippen LogP contribution in [0.1, 0.15) is 66.0 Å². The van der Waals surface area contributed by atoms with E-state index in [9.17, 15) is 24.3 Å². The van der Waals surface area contributed by atoms with Crippen LogP contribution in [0.3, 0.4) is 0 Å². The predicted octanol–water partition coefficient (Wildman–Crippen LogP) is 3.61. The van der Waals surface area contributed by atoms with Crippen molar-refractivity contribution in [2.75, 3.05) is 27.4 Å². The molecule has 2 fully saturated rings. The lowest BCUT2D eigenvalue weighted by atomic mass is 9.79. The van der Waals surface area contributed by atoms with E-state index in [1.54, 1.807) is 28.1 Å². The van der Waals surface area contributed by atoms with Crippen molar-refractivity contribution in [2.45, 2.75) is 76.0 Å². The topological polar surface area (TPSA) is 188 Å². The number of H-pyrrole nitrogens is 2. The fraction of sp³-hybridized carbons (Fsp3) is 0.395. The van der Waals surface area contributed by atoms with Crippen LogP contribution < -0.4 is 37.3 Å². The maximum Gasteiger partial charge on any atom is 0.330 e. The molecule has 15 heteroatoms. The molecule has 7 rings (SSSR count). The molecule has 3 aromatic carbocycles. The number of nitrogens with one attached hydrogen (secondary N) is 3. The summed E-state index contributed by atoms with van der Waals surface area (Å²) >= 11 is 0. The van der Waals surface area contributed by atoms with Gasteiger partial charge in [-0.2, -0.15) is 0 Å². The predicted molar refractivity (Wildman–Crippen MR) is 214 cm³/mol. The van der Waals surface area contributed by atoms with E-state index in [1.807, 2.05) is 78.9 Å². The van der Waals surface area contributed by atoms with Crippen molar-refractivity contribution in [3.8, 4) is 11.5 Å². The second-order valence-electron chi connectivity index (χ2n) is 14.8. The molecule has 58 heavy (non-hydrogen) atoms. The molecule has 4 heterocycles. The first-order valence-corrected chi connectivity index (χ1v) is 19.4. The highest BCUT2D eigenvalue weighted by Gasteiger charge is 2.44. The van der Waals surface area contributed by atoms with E-state index < -0.39 is 59.0 Å². The van der Waals surface area contributed by atoms with Gasteiger partial charge in [-0.15, -0.1) is 0 Å². The fourth-order valence-electron chi connectivity index (χ4n) is 8.09. The van der Waals surface area contributed by atoms with Gasteiger partial charge in [0.05, 0.1) is 33.0 Å². The first-order valence-electron chi connectivity index (χ1n) is 19.4. The van der Waals surface area contributed by atoms with Crippen molar-refractivity contribution in [3.63, 3.8) is 0 Å². The summed E-state index contributed by atoms with van der Waals surface area (Å²) in [5, 5.41) is 14.1. The minimum Gasteiger partial charge on any atom is -0.493 e. The standard InChI is InChI=1S/C43H49N5O10/c1-26-23-47(41(52)45-38(26)50)35-21-28(13-12-20-44-40-32(49)22-36(58-40)48-24-27(2)39(51)46-42(48)53)34(57-35)25-56-43(29-14-7-5-8-15-29,30-16-9-6-10-17-30)31-18-11-19-33(54-3)37(31)55-4/h5-11,14-19,23-24,28,32,34-36,40,44,49H,12-13,20-22,25H2,1-4H3,(H,45,50,52)(H,46,51,53)/t28-,32?,34+,35+,36?,40?/m0/s1. The van der Waals surface area contributed by atoms with Gasteiger partial charge in [0, 0.05) is 35.5 Å². The number of aryl methyl sites for hydroxylation is 2. The minimum atomic E-state index is -1.19. The van der Waals surface area contributed by atoms with Crippen molar-refractivity contribution < 1.29 is 28.8 Å². The number of aliphatic hydroxyl groups is 1. The summed E-state index contributed by atoms with van der Waals surface area (Å²) in [6.45, 7) is 3.80. The average Bonchev–Trinajstić information content (AvgIpc) is 3.82. The molecule has 0 bridgehead atoms. The Hall–Kier alpha value is -5.58. The normalized spacial score (nSPS) is 21.9. The molecule has 2 aliphatic heterocycles. The van der Waals surface area contributed by atoms with Crippen LogP contribution in [0.2, 0.25) is 0 Å². The number of ether oxygens (including phenoxy) is 5. The van der Waals surface area contributed by atoms with Crippen LogP contribution in [0, 0.1) is 19.8 Å².